The SMILES string of the molecule is CCS(C)(=O)=NS(=O)(=O)Cl. The van der Waals surface area contributed by atoms with Crippen LogP contribution in [0.4, 0.5) is 0 Å². The van der Waals surface area contributed by atoms with Gasteiger partial charge in [0, 0.05) is 22.7 Å². The van der Waals surface area contributed by atoms with Gasteiger partial charge >= 0.3 is 9.24 Å². The highest BCUT2D eigenvalue weighted by molar-refractivity contribution is 8.17. The number of hydrogen-bond donors (Lipinski definition) is 0. The molecule has 0 saturated carbocycles. The van der Waals surface area contributed by atoms with Gasteiger partial charge in [0.2, 0.25) is 0 Å². The molecular weight excluding hydrogens is 198 g/mol. The number of nitrogens with zero attached hydrogens (tertiary/aromatic N) is 1. The number of rotatable bonds is 2. The van der Waals surface area contributed by atoms with E-state index in [1.807, 2.05) is 0 Å². The molecule has 0 spiro atoms. The molecule has 0 N–H and O–H groups in total. The Balaban J connectivity index is 5.01. The van der Waals surface area contributed by atoms with Crippen molar-refractivity contribution in [2.24, 2.45) is 3.77 Å². The molecule has 62 valence electrons. The van der Waals surface area contributed by atoms with E-state index in [0.717, 1.165) is 0 Å². The third-order valence-corrected chi connectivity index (χ3v) is 4.33. The zero-order valence-corrected chi connectivity index (χ0v) is 7.96. The normalized spacial score (nSPS) is 17.9. The summed E-state index contributed by atoms with van der Waals surface area (Å²) in [6, 6.07) is 0. The van der Waals surface area contributed by atoms with Gasteiger partial charge in [-0.3, -0.25) is 0 Å². The molecule has 0 aromatic rings. The molecule has 0 aliphatic carbocycles. The van der Waals surface area contributed by atoms with E-state index >= 15 is 0 Å². The van der Waals surface area contributed by atoms with Crippen LogP contribution in [0.3, 0.4) is 0 Å². The Morgan fingerprint density at radius 2 is 1.80 bits per heavy atom. The van der Waals surface area contributed by atoms with Gasteiger partial charge in [-0.25, -0.2) is 4.21 Å². The molecule has 0 aromatic heterocycles. The van der Waals surface area contributed by atoms with Crippen LogP contribution in [-0.4, -0.2) is 24.6 Å². The zero-order valence-electron chi connectivity index (χ0n) is 5.57. The van der Waals surface area contributed by atoms with Crippen molar-refractivity contribution in [3.05, 3.63) is 0 Å². The zero-order chi connectivity index (χ0) is 8.41. The highest BCUT2D eigenvalue weighted by atomic mass is 35.7. The first-order chi connectivity index (χ1) is 4.27. The van der Waals surface area contributed by atoms with Crippen LogP contribution in [0.2, 0.25) is 0 Å². The summed E-state index contributed by atoms with van der Waals surface area (Å²) < 4.78 is 34.3. The second-order valence-corrected chi connectivity index (χ2v) is 6.82. The monoisotopic (exact) mass is 205 g/mol. The molecule has 4 nitrogen and oxygen atoms in total. The first-order valence-electron chi connectivity index (χ1n) is 2.42. The number of hydrogen-bond acceptors (Lipinski definition) is 3. The molecule has 1 unspecified atom stereocenters. The summed E-state index contributed by atoms with van der Waals surface area (Å²) in [6.45, 7) is 1.58. The van der Waals surface area contributed by atoms with Gasteiger partial charge in [-0.2, -0.15) is 8.42 Å². The summed E-state index contributed by atoms with van der Waals surface area (Å²) >= 11 is 0. The molecule has 0 heterocycles. The van der Waals surface area contributed by atoms with Crippen LogP contribution in [0.1, 0.15) is 6.92 Å². The molecule has 0 aromatic carbocycles. The maximum Gasteiger partial charge on any atom is 0.347 e. The van der Waals surface area contributed by atoms with E-state index in [9.17, 15) is 12.6 Å². The van der Waals surface area contributed by atoms with Crippen LogP contribution in [0, 0.1) is 0 Å². The van der Waals surface area contributed by atoms with Gasteiger partial charge in [0.1, 0.15) is 0 Å². The Morgan fingerprint density at radius 3 is 1.90 bits per heavy atom. The first kappa shape index (κ1) is 10.2. The minimum atomic E-state index is -3.97. The Hall–Kier alpha value is 0.190. The average molecular weight is 206 g/mol. The minimum Gasteiger partial charge on any atom is -0.249 e. The van der Waals surface area contributed by atoms with E-state index in [4.69, 9.17) is 10.7 Å². The molecular formula is C3H8ClNO3S2. The molecule has 0 saturated heterocycles. The highest BCUT2D eigenvalue weighted by Crippen LogP contribution is 2.02. The van der Waals surface area contributed by atoms with Crippen LogP contribution < -0.4 is 0 Å². The second kappa shape index (κ2) is 3.06. The van der Waals surface area contributed by atoms with Crippen LogP contribution in [-0.2, 0) is 19.0 Å². The topological polar surface area (TPSA) is 63.6 Å². The lowest BCUT2D eigenvalue weighted by atomic mass is 11.0. The molecule has 0 aliphatic heterocycles. The van der Waals surface area contributed by atoms with Crippen LogP contribution in [0.5, 0.6) is 0 Å². The van der Waals surface area contributed by atoms with Gasteiger partial charge < -0.3 is 0 Å². The van der Waals surface area contributed by atoms with E-state index in [2.05, 4.69) is 3.77 Å². The van der Waals surface area contributed by atoms with Crippen molar-refractivity contribution in [1.82, 2.24) is 0 Å². The summed E-state index contributed by atoms with van der Waals surface area (Å²) in [6.07, 6.45) is 1.24. The Labute approximate surface area is 65.3 Å². The largest absolute Gasteiger partial charge is 0.347 e. The number of halogens is 1. The van der Waals surface area contributed by atoms with E-state index in [1.54, 1.807) is 6.92 Å². The lowest BCUT2D eigenvalue weighted by molar-refractivity contribution is 0.611. The maximum atomic E-state index is 10.9. The molecule has 0 amide bonds. The minimum absolute atomic E-state index is 0.180. The molecule has 0 rings (SSSR count). The van der Waals surface area contributed by atoms with Gasteiger partial charge in [-0.1, -0.05) is 10.7 Å². The van der Waals surface area contributed by atoms with Crippen molar-refractivity contribution < 1.29 is 12.6 Å². The molecule has 10 heavy (non-hydrogen) atoms. The van der Waals surface area contributed by atoms with Crippen molar-refractivity contribution in [3.63, 3.8) is 0 Å². The summed E-state index contributed by atoms with van der Waals surface area (Å²) in [7, 11) is -1.87. The van der Waals surface area contributed by atoms with E-state index in [-0.39, 0.29) is 5.75 Å². The van der Waals surface area contributed by atoms with Gasteiger partial charge in [-0.05, 0) is 0 Å². The fourth-order valence-electron chi connectivity index (χ4n) is 0.241. The molecule has 0 fully saturated rings. The fourth-order valence-corrected chi connectivity index (χ4v) is 3.24. The maximum absolute atomic E-state index is 10.9. The van der Waals surface area contributed by atoms with Crippen molar-refractivity contribution in [2.75, 3.05) is 12.0 Å². The Kier molecular flexibility index (Phi) is 3.12. The smallest absolute Gasteiger partial charge is 0.249 e. The van der Waals surface area contributed by atoms with Crippen molar-refractivity contribution in [1.29, 1.82) is 0 Å². The van der Waals surface area contributed by atoms with Gasteiger partial charge in [0.25, 0.3) is 0 Å². The van der Waals surface area contributed by atoms with E-state index in [1.165, 1.54) is 6.26 Å². The van der Waals surface area contributed by atoms with E-state index in [0.29, 0.717) is 0 Å². The summed E-state index contributed by atoms with van der Waals surface area (Å²) in [5.74, 6) is 0.180. The molecule has 0 radical (unpaired) electrons. The first-order valence-corrected chi connectivity index (χ1v) is 6.78. The molecule has 7 heteroatoms. The molecule has 0 bridgehead atoms. The van der Waals surface area contributed by atoms with Gasteiger partial charge in [0.05, 0.1) is 9.73 Å². The van der Waals surface area contributed by atoms with Crippen LogP contribution >= 0.6 is 10.7 Å². The van der Waals surface area contributed by atoms with Crippen molar-refractivity contribution >= 4 is 29.6 Å². The highest BCUT2D eigenvalue weighted by Gasteiger charge is 2.05. The summed E-state index contributed by atoms with van der Waals surface area (Å²) in [5.41, 5.74) is 0. The Bertz CT molecular complexity index is 311. The fraction of sp³-hybridized carbons (Fsp3) is 1.00. The third kappa shape index (κ3) is 5.01. The van der Waals surface area contributed by atoms with Crippen LogP contribution in [0.25, 0.3) is 0 Å². The summed E-state index contributed by atoms with van der Waals surface area (Å²) in [5, 5.41) is 0. The third-order valence-electron chi connectivity index (χ3n) is 0.782. The van der Waals surface area contributed by atoms with Gasteiger partial charge in [0.15, 0.2) is 0 Å². The summed E-state index contributed by atoms with van der Waals surface area (Å²) in [4.78, 5) is 0. The molecule has 1 atom stereocenters. The average Bonchev–Trinajstić information content (AvgIpc) is 1.60. The van der Waals surface area contributed by atoms with Gasteiger partial charge in [-0.15, -0.1) is 0 Å². The van der Waals surface area contributed by atoms with Crippen molar-refractivity contribution in [3.8, 4) is 0 Å². The predicted molar refractivity (Wildman–Crippen MR) is 41.8 cm³/mol. The van der Waals surface area contributed by atoms with Crippen molar-refractivity contribution in [2.45, 2.75) is 6.92 Å². The Morgan fingerprint density at radius 1 is 1.40 bits per heavy atom. The lowest BCUT2D eigenvalue weighted by Crippen LogP contribution is -2.01. The molecule has 0 aliphatic rings. The standard InChI is InChI=1S/C3H8ClNO3S2/c1-3-9(2,6)5-10(4,7)8/h3H2,1-2H3. The quantitative estimate of drug-likeness (QED) is 0.620. The van der Waals surface area contributed by atoms with E-state index < -0.39 is 19.0 Å². The predicted octanol–water partition coefficient (Wildman–Crippen LogP) is 0.588. The van der Waals surface area contributed by atoms with Crippen LogP contribution in [0.15, 0.2) is 3.77 Å². The lowest BCUT2D eigenvalue weighted by Gasteiger charge is -1.94. The second-order valence-electron chi connectivity index (χ2n) is 1.73.